The Morgan fingerprint density at radius 2 is 1.95 bits per heavy atom. The molecule has 20 heavy (non-hydrogen) atoms. The lowest BCUT2D eigenvalue weighted by Gasteiger charge is -2.34. The van der Waals surface area contributed by atoms with Crippen LogP contribution in [-0.4, -0.2) is 47.6 Å². The maximum absolute atomic E-state index is 12.1. The van der Waals surface area contributed by atoms with Crippen molar-refractivity contribution in [1.29, 1.82) is 0 Å². The monoisotopic (exact) mass is 281 g/mol. The van der Waals surface area contributed by atoms with Gasteiger partial charge in [-0.05, 0) is 53.4 Å². The first-order valence-corrected chi connectivity index (χ1v) is 7.47. The second-order valence-corrected chi connectivity index (χ2v) is 7.35. The quantitative estimate of drug-likeness (QED) is 0.845. The van der Waals surface area contributed by atoms with Crippen LogP contribution in [0.4, 0.5) is 4.79 Å². The van der Waals surface area contributed by atoms with Crippen LogP contribution in [0, 0.1) is 5.92 Å². The van der Waals surface area contributed by atoms with Crippen LogP contribution in [0.15, 0.2) is 4.99 Å². The van der Waals surface area contributed by atoms with Crippen LogP contribution in [0.3, 0.4) is 0 Å². The highest BCUT2D eigenvalue weighted by Gasteiger charge is 2.39. The van der Waals surface area contributed by atoms with E-state index in [-0.39, 0.29) is 11.6 Å². The Hall–Kier alpha value is -1.26. The second-order valence-electron chi connectivity index (χ2n) is 7.35. The van der Waals surface area contributed by atoms with Gasteiger partial charge in [-0.1, -0.05) is 0 Å². The Kier molecular flexibility index (Phi) is 3.98. The third kappa shape index (κ3) is 4.12. The van der Waals surface area contributed by atoms with Crippen LogP contribution in [0.5, 0.6) is 0 Å². The summed E-state index contributed by atoms with van der Waals surface area (Å²) in [5.41, 5.74) is -0.387. The predicted octanol–water partition coefficient (Wildman–Crippen LogP) is 2.41. The van der Waals surface area contributed by atoms with E-state index in [2.05, 4.69) is 24.2 Å². The number of ether oxygens (including phenoxy) is 1. The first kappa shape index (κ1) is 15.1. The van der Waals surface area contributed by atoms with Crippen molar-refractivity contribution in [3.8, 4) is 0 Å². The van der Waals surface area contributed by atoms with Gasteiger partial charge in [0.25, 0.3) is 0 Å². The van der Waals surface area contributed by atoms with E-state index in [1.807, 2.05) is 20.8 Å². The summed E-state index contributed by atoms with van der Waals surface area (Å²) in [4.78, 5) is 18.3. The summed E-state index contributed by atoms with van der Waals surface area (Å²) in [5.74, 6) is 1.63. The summed E-state index contributed by atoms with van der Waals surface area (Å²) in [6.07, 6.45) is 2.31. The number of nitrogens with one attached hydrogen (secondary N) is 1. The predicted molar refractivity (Wildman–Crippen MR) is 80.0 cm³/mol. The van der Waals surface area contributed by atoms with Gasteiger partial charge in [-0.25, -0.2) is 4.79 Å². The van der Waals surface area contributed by atoms with Gasteiger partial charge in [0, 0.05) is 12.1 Å². The van der Waals surface area contributed by atoms with Crippen LogP contribution in [0.25, 0.3) is 0 Å². The van der Waals surface area contributed by atoms with Crippen molar-refractivity contribution in [3.05, 3.63) is 0 Å². The molecular weight excluding hydrogens is 254 g/mol. The minimum Gasteiger partial charge on any atom is -0.444 e. The van der Waals surface area contributed by atoms with Crippen molar-refractivity contribution >= 4 is 11.9 Å². The van der Waals surface area contributed by atoms with Crippen LogP contribution in [0.1, 0.15) is 47.5 Å². The maximum atomic E-state index is 12.1. The Morgan fingerprint density at radius 1 is 1.30 bits per heavy atom. The van der Waals surface area contributed by atoms with E-state index in [1.54, 1.807) is 4.90 Å². The molecule has 0 aromatic rings. The smallest absolute Gasteiger partial charge is 0.410 e. The number of aliphatic imine (C=N–C) groups is 1. The fraction of sp³-hybridized carbons (Fsp3) is 0.867. The normalized spacial score (nSPS) is 20.4. The molecule has 0 unspecified atom stereocenters. The largest absolute Gasteiger partial charge is 0.444 e. The summed E-state index contributed by atoms with van der Waals surface area (Å²) < 4.78 is 5.42. The molecule has 1 saturated carbocycles. The first-order valence-electron chi connectivity index (χ1n) is 7.47. The van der Waals surface area contributed by atoms with Gasteiger partial charge < -0.3 is 10.1 Å². The molecule has 0 radical (unpaired) electrons. The summed E-state index contributed by atoms with van der Waals surface area (Å²) in [5, 5.41) is 3.51. The highest BCUT2D eigenvalue weighted by atomic mass is 16.6. The topological polar surface area (TPSA) is 53.9 Å². The van der Waals surface area contributed by atoms with Crippen LogP contribution in [0.2, 0.25) is 0 Å². The minimum atomic E-state index is -0.452. The maximum Gasteiger partial charge on any atom is 0.410 e. The van der Waals surface area contributed by atoms with E-state index in [9.17, 15) is 4.79 Å². The van der Waals surface area contributed by atoms with Gasteiger partial charge in [0.2, 0.25) is 0 Å². The number of nitrogens with zero attached hydrogens (tertiary/aromatic N) is 2. The molecule has 0 saturated heterocycles. The molecule has 2 rings (SSSR count). The fourth-order valence-electron chi connectivity index (χ4n) is 2.46. The molecule has 1 fully saturated rings. The van der Waals surface area contributed by atoms with E-state index < -0.39 is 5.60 Å². The summed E-state index contributed by atoms with van der Waals surface area (Å²) in [6, 6.07) is 0. The van der Waals surface area contributed by atoms with Crippen molar-refractivity contribution in [1.82, 2.24) is 10.2 Å². The Morgan fingerprint density at radius 3 is 2.50 bits per heavy atom. The molecule has 1 heterocycles. The van der Waals surface area contributed by atoms with E-state index in [0.717, 1.165) is 11.8 Å². The highest BCUT2D eigenvalue weighted by Crippen LogP contribution is 2.39. The van der Waals surface area contributed by atoms with Crippen LogP contribution >= 0.6 is 0 Å². The van der Waals surface area contributed by atoms with E-state index >= 15 is 0 Å². The summed E-state index contributed by atoms with van der Waals surface area (Å²) in [6.45, 7) is 11.9. The molecule has 2 aliphatic rings. The molecule has 114 valence electrons. The zero-order valence-corrected chi connectivity index (χ0v) is 13.3. The van der Waals surface area contributed by atoms with Crippen LogP contribution in [-0.2, 0) is 4.74 Å². The average molecular weight is 281 g/mol. The number of rotatable bonds is 2. The molecule has 0 aromatic heterocycles. The molecule has 0 atom stereocenters. The molecule has 0 aromatic carbocycles. The van der Waals surface area contributed by atoms with Gasteiger partial charge in [-0.3, -0.25) is 9.89 Å². The molecule has 1 aliphatic carbocycles. The minimum absolute atomic E-state index is 0.0653. The van der Waals surface area contributed by atoms with Crippen molar-refractivity contribution in [2.75, 3.05) is 19.6 Å². The lowest BCUT2D eigenvalue weighted by molar-refractivity contribution is 0.0275. The van der Waals surface area contributed by atoms with E-state index in [0.29, 0.717) is 19.6 Å². The lowest BCUT2D eigenvalue weighted by atomic mass is 9.98. The number of carbonyl (C=O) groups excluding carboxylic acids is 1. The zero-order chi connectivity index (χ0) is 15.0. The van der Waals surface area contributed by atoms with Gasteiger partial charge in [0.1, 0.15) is 11.4 Å². The summed E-state index contributed by atoms with van der Waals surface area (Å²) >= 11 is 0. The highest BCUT2D eigenvalue weighted by molar-refractivity contribution is 5.88. The van der Waals surface area contributed by atoms with Crippen LogP contribution < -0.4 is 5.32 Å². The summed E-state index contributed by atoms with van der Waals surface area (Å²) in [7, 11) is 0. The fourth-order valence-corrected chi connectivity index (χ4v) is 2.46. The molecule has 1 aliphatic heterocycles. The number of carbonyl (C=O) groups is 1. The van der Waals surface area contributed by atoms with Crippen molar-refractivity contribution < 1.29 is 9.53 Å². The number of amides is 1. The number of hydrogen-bond donors (Lipinski definition) is 1. The molecule has 1 amide bonds. The molecule has 5 heteroatoms. The van der Waals surface area contributed by atoms with Crippen molar-refractivity contribution in [2.45, 2.75) is 58.6 Å². The third-order valence-electron chi connectivity index (χ3n) is 3.73. The van der Waals surface area contributed by atoms with Crippen molar-refractivity contribution in [2.24, 2.45) is 10.9 Å². The van der Waals surface area contributed by atoms with E-state index in [1.165, 1.54) is 12.8 Å². The van der Waals surface area contributed by atoms with Gasteiger partial charge in [-0.15, -0.1) is 0 Å². The molecule has 1 N–H and O–H groups in total. The Balaban J connectivity index is 1.91. The lowest BCUT2D eigenvalue weighted by Crippen LogP contribution is -2.53. The first-order chi connectivity index (χ1) is 9.17. The molecule has 5 nitrogen and oxygen atoms in total. The SMILES string of the molecule is CC(C)(C)OC(=O)N1CCN=C(NC(C)(C)C2CC2)C1. The Bertz CT molecular complexity index is 406. The van der Waals surface area contributed by atoms with Gasteiger partial charge in [0.05, 0.1) is 13.1 Å². The average Bonchev–Trinajstić information content (AvgIpc) is 3.10. The number of amidine groups is 1. The van der Waals surface area contributed by atoms with Crippen molar-refractivity contribution in [3.63, 3.8) is 0 Å². The Labute approximate surface area is 121 Å². The third-order valence-corrected chi connectivity index (χ3v) is 3.73. The van der Waals surface area contributed by atoms with Gasteiger partial charge in [-0.2, -0.15) is 0 Å². The van der Waals surface area contributed by atoms with Gasteiger partial charge in [0.15, 0.2) is 0 Å². The molecule has 0 spiro atoms. The van der Waals surface area contributed by atoms with Gasteiger partial charge >= 0.3 is 6.09 Å². The number of hydrogen-bond acceptors (Lipinski definition) is 4. The van der Waals surface area contributed by atoms with E-state index in [4.69, 9.17) is 4.74 Å². The standard InChI is InChI=1S/C15H27N3O2/c1-14(2,3)20-13(19)18-9-8-16-12(10-18)17-15(4,5)11-6-7-11/h11H,6-10H2,1-5H3,(H,16,17). The second kappa shape index (κ2) is 5.26. The molecular formula is C15H27N3O2. The molecule has 0 bridgehead atoms. The zero-order valence-electron chi connectivity index (χ0n) is 13.3.